The van der Waals surface area contributed by atoms with Crippen LogP contribution in [0.1, 0.15) is 35.7 Å². The van der Waals surface area contributed by atoms with Crippen LogP contribution < -0.4 is 11.1 Å². The molecule has 1 aliphatic heterocycles. The molecule has 0 bridgehead atoms. The summed E-state index contributed by atoms with van der Waals surface area (Å²) in [4.78, 5) is 12.2. The number of carbonyl (C=O) groups is 1. The summed E-state index contributed by atoms with van der Waals surface area (Å²) in [6, 6.07) is 5.68. The predicted molar refractivity (Wildman–Crippen MR) is 76.1 cm³/mol. The van der Waals surface area contributed by atoms with Gasteiger partial charge in [0.05, 0.1) is 5.56 Å². The summed E-state index contributed by atoms with van der Waals surface area (Å²) in [5, 5.41) is 3.06. The van der Waals surface area contributed by atoms with Crippen molar-refractivity contribution in [1.82, 2.24) is 5.32 Å². The summed E-state index contributed by atoms with van der Waals surface area (Å²) in [7, 11) is 0. The summed E-state index contributed by atoms with van der Waals surface area (Å²) in [6.45, 7) is 5.59. The monoisotopic (exact) mass is 262 g/mol. The minimum atomic E-state index is -0.0832. The van der Waals surface area contributed by atoms with E-state index >= 15 is 0 Å². The zero-order valence-corrected chi connectivity index (χ0v) is 11.6. The Labute approximate surface area is 114 Å². The fourth-order valence-corrected chi connectivity index (χ4v) is 2.48. The standard InChI is InChI=1S/C15H22N2O2/c1-10-3-4-14(16)13(9-10)15(18)17-11(2)12-5-7-19-8-6-12/h3-4,9,11-12H,5-8,16H2,1-2H3,(H,17,18). The molecule has 0 radical (unpaired) electrons. The van der Waals surface area contributed by atoms with E-state index in [1.807, 2.05) is 19.1 Å². The van der Waals surface area contributed by atoms with Gasteiger partial charge in [-0.25, -0.2) is 0 Å². The van der Waals surface area contributed by atoms with Gasteiger partial charge in [-0.15, -0.1) is 0 Å². The summed E-state index contributed by atoms with van der Waals surface area (Å²) in [5.74, 6) is 0.406. The number of carbonyl (C=O) groups excluding carboxylic acids is 1. The van der Waals surface area contributed by atoms with Gasteiger partial charge in [-0.2, -0.15) is 0 Å². The van der Waals surface area contributed by atoms with Crippen LogP contribution in [0, 0.1) is 12.8 Å². The van der Waals surface area contributed by atoms with Crippen molar-refractivity contribution in [2.75, 3.05) is 18.9 Å². The van der Waals surface area contributed by atoms with Gasteiger partial charge in [-0.3, -0.25) is 4.79 Å². The fraction of sp³-hybridized carbons (Fsp3) is 0.533. The molecule has 4 nitrogen and oxygen atoms in total. The molecule has 0 aromatic heterocycles. The summed E-state index contributed by atoms with van der Waals surface area (Å²) in [5.41, 5.74) is 8.00. The molecule has 1 unspecified atom stereocenters. The summed E-state index contributed by atoms with van der Waals surface area (Å²) >= 11 is 0. The van der Waals surface area contributed by atoms with Gasteiger partial charge in [0.15, 0.2) is 0 Å². The minimum Gasteiger partial charge on any atom is -0.398 e. The molecular weight excluding hydrogens is 240 g/mol. The smallest absolute Gasteiger partial charge is 0.253 e. The largest absolute Gasteiger partial charge is 0.398 e. The molecule has 1 aromatic carbocycles. The van der Waals surface area contributed by atoms with E-state index in [9.17, 15) is 4.79 Å². The Bertz CT molecular complexity index is 453. The molecule has 1 saturated heterocycles. The van der Waals surface area contributed by atoms with Gasteiger partial charge in [-0.1, -0.05) is 11.6 Å². The van der Waals surface area contributed by atoms with Crippen molar-refractivity contribution in [3.8, 4) is 0 Å². The Morgan fingerprint density at radius 1 is 1.42 bits per heavy atom. The number of rotatable bonds is 3. The molecule has 0 spiro atoms. The van der Waals surface area contributed by atoms with E-state index in [1.54, 1.807) is 6.07 Å². The van der Waals surface area contributed by atoms with E-state index in [-0.39, 0.29) is 11.9 Å². The Morgan fingerprint density at radius 2 is 2.11 bits per heavy atom. The maximum atomic E-state index is 12.2. The highest BCUT2D eigenvalue weighted by atomic mass is 16.5. The van der Waals surface area contributed by atoms with Gasteiger partial charge in [0.1, 0.15) is 0 Å². The molecule has 0 saturated carbocycles. The maximum Gasteiger partial charge on any atom is 0.253 e. The number of benzene rings is 1. The highest BCUT2D eigenvalue weighted by Gasteiger charge is 2.22. The number of nitrogens with two attached hydrogens (primary N) is 1. The van der Waals surface area contributed by atoms with Gasteiger partial charge >= 0.3 is 0 Å². The van der Waals surface area contributed by atoms with Crippen LogP contribution in [0.15, 0.2) is 18.2 Å². The van der Waals surface area contributed by atoms with Crippen LogP contribution >= 0.6 is 0 Å². The number of amides is 1. The number of aryl methyl sites for hydroxylation is 1. The SMILES string of the molecule is Cc1ccc(N)c(C(=O)NC(C)C2CCOCC2)c1. The molecule has 3 N–H and O–H groups in total. The molecule has 2 rings (SSSR count). The Hall–Kier alpha value is -1.55. The lowest BCUT2D eigenvalue weighted by Gasteiger charge is -2.28. The third-order valence-corrected chi connectivity index (χ3v) is 3.79. The molecule has 1 aliphatic rings. The van der Waals surface area contributed by atoms with E-state index in [4.69, 9.17) is 10.5 Å². The Morgan fingerprint density at radius 3 is 2.79 bits per heavy atom. The second-order valence-electron chi connectivity index (χ2n) is 5.30. The van der Waals surface area contributed by atoms with Crippen molar-refractivity contribution in [2.24, 2.45) is 5.92 Å². The van der Waals surface area contributed by atoms with Gasteiger partial charge in [0.2, 0.25) is 0 Å². The van der Waals surface area contributed by atoms with Gasteiger partial charge < -0.3 is 15.8 Å². The third-order valence-electron chi connectivity index (χ3n) is 3.79. The normalized spacial score (nSPS) is 18.0. The van der Waals surface area contributed by atoms with Crippen LogP contribution in [0.2, 0.25) is 0 Å². The van der Waals surface area contributed by atoms with Crippen molar-refractivity contribution in [1.29, 1.82) is 0 Å². The van der Waals surface area contributed by atoms with E-state index in [0.29, 0.717) is 17.2 Å². The molecule has 1 atom stereocenters. The van der Waals surface area contributed by atoms with Crippen LogP contribution in [0.25, 0.3) is 0 Å². The lowest BCUT2D eigenvalue weighted by atomic mass is 9.92. The average molecular weight is 262 g/mol. The van der Waals surface area contributed by atoms with Crippen molar-refractivity contribution >= 4 is 11.6 Å². The molecule has 1 amide bonds. The van der Waals surface area contributed by atoms with Crippen LogP contribution in [0.4, 0.5) is 5.69 Å². The van der Waals surface area contributed by atoms with Crippen LogP contribution in [0.3, 0.4) is 0 Å². The van der Waals surface area contributed by atoms with Gasteiger partial charge in [-0.05, 0) is 44.7 Å². The number of hydrogen-bond donors (Lipinski definition) is 2. The first kappa shape index (κ1) is 13.9. The third kappa shape index (κ3) is 3.47. The second kappa shape index (κ2) is 6.06. The zero-order chi connectivity index (χ0) is 13.8. The first-order valence-corrected chi connectivity index (χ1v) is 6.82. The highest BCUT2D eigenvalue weighted by Crippen LogP contribution is 2.20. The van der Waals surface area contributed by atoms with Gasteiger partial charge in [0, 0.05) is 24.9 Å². The lowest BCUT2D eigenvalue weighted by molar-refractivity contribution is 0.0538. The quantitative estimate of drug-likeness (QED) is 0.820. The Balaban J connectivity index is 2.01. The van der Waals surface area contributed by atoms with Crippen molar-refractivity contribution < 1.29 is 9.53 Å². The summed E-state index contributed by atoms with van der Waals surface area (Å²) < 4.78 is 5.34. The molecule has 104 valence electrons. The number of nitrogen functional groups attached to an aromatic ring is 1. The second-order valence-corrected chi connectivity index (χ2v) is 5.30. The fourth-order valence-electron chi connectivity index (χ4n) is 2.48. The van der Waals surface area contributed by atoms with Crippen molar-refractivity contribution in [2.45, 2.75) is 32.7 Å². The lowest BCUT2D eigenvalue weighted by Crippen LogP contribution is -2.40. The zero-order valence-electron chi connectivity index (χ0n) is 11.6. The first-order chi connectivity index (χ1) is 9.08. The molecule has 1 heterocycles. The predicted octanol–water partition coefficient (Wildman–Crippen LogP) is 2.12. The molecule has 19 heavy (non-hydrogen) atoms. The summed E-state index contributed by atoms with van der Waals surface area (Å²) in [6.07, 6.45) is 2.01. The topological polar surface area (TPSA) is 64.4 Å². The van der Waals surface area contributed by atoms with E-state index in [0.717, 1.165) is 31.6 Å². The average Bonchev–Trinajstić information content (AvgIpc) is 2.42. The number of anilines is 1. The number of ether oxygens (including phenoxy) is 1. The van der Waals surface area contributed by atoms with Crippen LogP contribution in [-0.4, -0.2) is 25.2 Å². The number of hydrogen-bond acceptors (Lipinski definition) is 3. The Kier molecular flexibility index (Phi) is 4.43. The molecule has 0 aliphatic carbocycles. The van der Waals surface area contributed by atoms with Crippen LogP contribution in [0.5, 0.6) is 0 Å². The van der Waals surface area contributed by atoms with Crippen molar-refractivity contribution in [3.05, 3.63) is 29.3 Å². The molecular formula is C15H22N2O2. The van der Waals surface area contributed by atoms with Crippen molar-refractivity contribution in [3.63, 3.8) is 0 Å². The van der Waals surface area contributed by atoms with Crippen LogP contribution in [-0.2, 0) is 4.74 Å². The van der Waals surface area contributed by atoms with E-state index in [2.05, 4.69) is 12.2 Å². The minimum absolute atomic E-state index is 0.0832. The van der Waals surface area contributed by atoms with Gasteiger partial charge in [0.25, 0.3) is 5.91 Å². The van der Waals surface area contributed by atoms with E-state index < -0.39 is 0 Å². The molecule has 4 heteroatoms. The molecule has 1 aromatic rings. The first-order valence-electron chi connectivity index (χ1n) is 6.82. The highest BCUT2D eigenvalue weighted by molar-refractivity contribution is 5.99. The number of nitrogens with one attached hydrogen (secondary N) is 1. The van der Waals surface area contributed by atoms with E-state index in [1.165, 1.54) is 0 Å². The molecule has 1 fully saturated rings. The maximum absolute atomic E-state index is 12.2.